The van der Waals surface area contributed by atoms with E-state index in [0.717, 1.165) is 0 Å². The average Bonchev–Trinajstić information content (AvgIpc) is 3.64. The maximum Gasteiger partial charge on any atom is 0.162 e. The van der Waals surface area contributed by atoms with Gasteiger partial charge in [0.25, 0.3) is 0 Å². The minimum atomic E-state index is -0.0451. The van der Waals surface area contributed by atoms with Crippen molar-refractivity contribution in [2.75, 3.05) is 0 Å². The van der Waals surface area contributed by atoms with Gasteiger partial charge in [-0.25, -0.2) is 4.68 Å². The van der Waals surface area contributed by atoms with Crippen LogP contribution in [0.1, 0.15) is 90.5 Å². The van der Waals surface area contributed by atoms with Crippen LogP contribution in [0, 0.1) is 0 Å². The van der Waals surface area contributed by atoms with Crippen LogP contribution in [-0.4, -0.2) is 54.8 Å². The first kappa shape index (κ1) is 35.1. The Morgan fingerprint density at radius 1 is 0.561 bits per heavy atom. The minimum Gasteiger partial charge on any atom is -0.268 e. The number of hydrogen-bond acceptors (Lipinski definition) is 7. The summed E-state index contributed by atoms with van der Waals surface area (Å²) in [6, 6.07) is 10.2. The van der Waals surface area contributed by atoms with E-state index >= 15 is 0 Å². The lowest BCUT2D eigenvalue weighted by Gasteiger charge is -2.20. The van der Waals surface area contributed by atoms with Crippen LogP contribution in [0.3, 0.4) is 0 Å². The maximum absolute atomic E-state index is 4.38. The number of rotatable bonds is 0. The molecule has 4 aromatic heterocycles. The van der Waals surface area contributed by atoms with Gasteiger partial charge >= 0.3 is 0 Å². The Morgan fingerprint density at radius 3 is 1.56 bits per heavy atom. The third kappa shape index (κ3) is 11.3. The van der Waals surface area contributed by atoms with Gasteiger partial charge < -0.3 is 0 Å². The fourth-order valence-corrected chi connectivity index (χ4v) is 3.21. The van der Waals surface area contributed by atoms with Crippen molar-refractivity contribution in [1.29, 1.82) is 0 Å². The predicted molar refractivity (Wildman–Crippen MR) is 167 cm³/mol. The summed E-state index contributed by atoms with van der Waals surface area (Å²) in [5, 5.41) is 28.5. The molecule has 0 radical (unpaired) electrons. The molecule has 0 amide bonds. The SMILES string of the molecule is C.CC(C)(C)n1cccn1.CC(C)(C)n1ccnn1.CC(C)(C)n1ncc2ccccc21.CC(C)(C)n1ncnn1. The number of nitrogens with zero attached hydrogens (tertiary/aromatic N) is 11. The molecule has 0 unspecified atom stereocenters. The number of tetrazole rings is 1. The highest BCUT2D eigenvalue weighted by Gasteiger charge is 2.16. The van der Waals surface area contributed by atoms with E-state index in [2.05, 4.69) is 115 Å². The average molecular weight is 566 g/mol. The summed E-state index contributed by atoms with van der Waals surface area (Å²) in [4.78, 5) is 1.58. The first-order valence-electron chi connectivity index (χ1n) is 13.4. The van der Waals surface area contributed by atoms with Crippen molar-refractivity contribution in [3.63, 3.8) is 0 Å². The monoisotopic (exact) mass is 565 g/mol. The summed E-state index contributed by atoms with van der Waals surface area (Å²) in [6.45, 7) is 25.2. The van der Waals surface area contributed by atoms with Gasteiger partial charge in [-0.3, -0.25) is 9.36 Å². The summed E-state index contributed by atoms with van der Waals surface area (Å²) >= 11 is 0. The van der Waals surface area contributed by atoms with Gasteiger partial charge in [0.15, 0.2) is 6.33 Å². The summed E-state index contributed by atoms with van der Waals surface area (Å²) in [7, 11) is 0. The third-order valence-electron chi connectivity index (χ3n) is 5.36. The molecule has 226 valence electrons. The van der Waals surface area contributed by atoms with Gasteiger partial charge in [0.05, 0.1) is 40.1 Å². The van der Waals surface area contributed by atoms with Crippen LogP contribution in [0.2, 0.25) is 0 Å². The standard InChI is InChI=1S/C11H14N2.C7H12N2.C6H11N3.C5H10N4.CH4/c1-11(2,3)13-10-7-5-4-6-9(10)8-12-13;1-7(2,3)9-6-4-5-8-9;1-6(2,3)9-5-4-7-8-9;1-5(2,3)9-7-4-6-8-9;/h4-8H,1-3H3;4-6H,1-3H3;4-5H,1-3H3;4H,1-3H3;1H4. The van der Waals surface area contributed by atoms with Crippen molar-refractivity contribution in [3.8, 4) is 0 Å². The highest BCUT2D eigenvalue weighted by molar-refractivity contribution is 5.78. The lowest BCUT2D eigenvalue weighted by atomic mass is 10.1. The van der Waals surface area contributed by atoms with Gasteiger partial charge in [0, 0.05) is 24.0 Å². The molecule has 1 aromatic carbocycles. The Hall–Kier alpha value is -3.89. The van der Waals surface area contributed by atoms with Crippen molar-refractivity contribution < 1.29 is 0 Å². The lowest BCUT2D eigenvalue weighted by Crippen LogP contribution is -2.24. The first-order valence-corrected chi connectivity index (χ1v) is 13.4. The van der Waals surface area contributed by atoms with Crippen LogP contribution >= 0.6 is 0 Å². The summed E-state index contributed by atoms with van der Waals surface area (Å²) in [5.74, 6) is 0. The summed E-state index contributed by atoms with van der Waals surface area (Å²) in [5.41, 5.74) is 1.41. The van der Waals surface area contributed by atoms with Crippen molar-refractivity contribution in [2.24, 2.45) is 0 Å². The van der Waals surface area contributed by atoms with E-state index in [1.54, 1.807) is 17.2 Å². The van der Waals surface area contributed by atoms with Crippen LogP contribution in [0.25, 0.3) is 10.9 Å². The molecule has 5 rings (SSSR count). The van der Waals surface area contributed by atoms with Gasteiger partial charge in [-0.15, -0.1) is 15.3 Å². The van der Waals surface area contributed by atoms with Crippen molar-refractivity contribution in [3.05, 3.63) is 67.6 Å². The van der Waals surface area contributed by atoms with Gasteiger partial charge in [0.2, 0.25) is 0 Å². The molecule has 0 saturated carbocycles. The predicted octanol–water partition coefficient (Wildman–Crippen LogP) is 6.53. The van der Waals surface area contributed by atoms with Crippen LogP contribution < -0.4 is 0 Å². The van der Waals surface area contributed by atoms with E-state index < -0.39 is 0 Å². The molecule has 0 aliphatic heterocycles. The van der Waals surface area contributed by atoms with Crippen LogP contribution in [0.15, 0.2) is 67.6 Å². The highest BCUT2D eigenvalue weighted by Crippen LogP contribution is 2.20. The number of fused-ring (bicyclic) bond motifs is 1. The molecule has 0 aliphatic rings. The zero-order chi connectivity index (χ0) is 30.2. The number of para-hydroxylation sites is 1. The molecule has 11 nitrogen and oxygen atoms in total. The second-order valence-corrected chi connectivity index (χ2v) is 13.3. The minimum absolute atomic E-state index is 0. The molecule has 5 aromatic rings. The van der Waals surface area contributed by atoms with Crippen molar-refractivity contribution in [1.82, 2.24) is 54.8 Å². The van der Waals surface area contributed by atoms with Crippen molar-refractivity contribution >= 4 is 10.9 Å². The lowest BCUT2D eigenvalue weighted by molar-refractivity contribution is 0.306. The maximum atomic E-state index is 4.38. The second-order valence-electron chi connectivity index (χ2n) is 13.3. The second kappa shape index (κ2) is 14.1. The van der Waals surface area contributed by atoms with Gasteiger partial charge in [-0.05, 0) is 100 Å². The van der Waals surface area contributed by atoms with E-state index in [0.29, 0.717) is 0 Å². The van der Waals surface area contributed by atoms with Gasteiger partial charge in [-0.2, -0.15) is 15.0 Å². The molecular weight excluding hydrogens is 514 g/mol. The van der Waals surface area contributed by atoms with Gasteiger partial charge in [0.1, 0.15) is 0 Å². The van der Waals surface area contributed by atoms with Gasteiger partial charge in [-0.1, -0.05) is 30.8 Å². The molecule has 41 heavy (non-hydrogen) atoms. The Bertz CT molecular complexity index is 1250. The zero-order valence-electron chi connectivity index (χ0n) is 26.3. The molecule has 0 N–H and O–H groups in total. The molecule has 0 saturated heterocycles. The molecule has 0 atom stereocenters. The largest absolute Gasteiger partial charge is 0.268 e. The fourth-order valence-electron chi connectivity index (χ4n) is 3.21. The fraction of sp³-hybridized carbons (Fsp3) is 0.567. The molecule has 0 aliphatic carbocycles. The Balaban J connectivity index is 0.000000275. The van der Waals surface area contributed by atoms with E-state index in [1.807, 2.05) is 66.9 Å². The van der Waals surface area contributed by atoms with E-state index in [1.165, 1.54) is 17.2 Å². The molecule has 11 heteroatoms. The normalized spacial score (nSPS) is 11.7. The van der Waals surface area contributed by atoms with E-state index in [-0.39, 0.29) is 29.6 Å². The quantitative estimate of drug-likeness (QED) is 0.210. The van der Waals surface area contributed by atoms with Crippen LogP contribution in [0.5, 0.6) is 0 Å². The van der Waals surface area contributed by atoms with E-state index in [9.17, 15) is 0 Å². The Kier molecular flexibility index (Phi) is 12.1. The summed E-state index contributed by atoms with van der Waals surface area (Å²) in [6.07, 6.45) is 10.7. The third-order valence-corrected chi connectivity index (χ3v) is 5.36. The summed E-state index contributed by atoms with van der Waals surface area (Å²) < 4.78 is 5.82. The molecule has 0 bridgehead atoms. The smallest absolute Gasteiger partial charge is 0.162 e. The van der Waals surface area contributed by atoms with Crippen LogP contribution in [-0.2, 0) is 22.2 Å². The first-order chi connectivity index (χ1) is 18.4. The molecule has 0 spiro atoms. The highest BCUT2D eigenvalue weighted by atomic mass is 15.6. The molecule has 4 heterocycles. The zero-order valence-corrected chi connectivity index (χ0v) is 26.3. The number of benzene rings is 1. The number of hydrogen-bond donors (Lipinski definition) is 0. The molecular formula is C30H51N11. The topological polar surface area (TPSA) is 110 Å². The van der Waals surface area contributed by atoms with Crippen molar-refractivity contribution in [2.45, 2.75) is 113 Å². The number of aromatic nitrogens is 11. The Labute approximate surface area is 246 Å². The van der Waals surface area contributed by atoms with Crippen LogP contribution in [0.4, 0.5) is 0 Å². The van der Waals surface area contributed by atoms with E-state index in [4.69, 9.17) is 0 Å². The molecule has 0 fully saturated rings. The Morgan fingerprint density at radius 2 is 1.20 bits per heavy atom.